The number of hydrogen-bond donors (Lipinski definition) is 2. The van der Waals surface area contributed by atoms with Crippen molar-refractivity contribution in [3.63, 3.8) is 0 Å². The van der Waals surface area contributed by atoms with Crippen molar-refractivity contribution in [3.05, 3.63) is 48.9 Å². The van der Waals surface area contributed by atoms with Crippen LogP contribution >= 0.6 is 0 Å². The topological polar surface area (TPSA) is 102 Å². The number of nitrogens with zero attached hydrogens (tertiary/aromatic N) is 5. The molecule has 1 aliphatic carbocycles. The van der Waals surface area contributed by atoms with Crippen molar-refractivity contribution < 1.29 is 9.84 Å². The number of aliphatic hydroxyl groups is 1. The molecule has 3 aromatic heterocycles. The fourth-order valence-corrected chi connectivity index (χ4v) is 5.61. The van der Waals surface area contributed by atoms with Gasteiger partial charge in [0.05, 0.1) is 23.6 Å². The van der Waals surface area contributed by atoms with Crippen molar-refractivity contribution in [2.45, 2.75) is 38.3 Å². The van der Waals surface area contributed by atoms with Crippen molar-refractivity contribution in [2.24, 2.45) is 11.8 Å². The average Bonchev–Trinajstić information content (AvgIpc) is 3.59. The number of benzene rings is 1. The molecular weight excluding hydrogens is 428 g/mol. The summed E-state index contributed by atoms with van der Waals surface area (Å²) in [5.74, 6) is 2.40. The maximum atomic E-state index is 11.0. The number of aromatic nitrogens is 4. The van der Waals surface area contributed by atoms with Gasteiger partial charge < -0.3 is 25.0 Å². The van der Waals surface area contributed by atoms with Crippen LogP contribution in [0, 0.1) is 11.8 Å². The maximum absolute atomic E-state index is 11.0. The first-order valence-electron chi connectivity index (χ1n) is 12.1. The van der Waals surface area contributed by atoms with E-state index >= 15 is 0 Å². The summed E-state index contributed by atoms with van der Waals surface area (Å²) in [5.41, 5.74) is 7.77. The van der Waals surface area contributed by atoms with Crippen LogP contribution < -0.4 is 15.4 Å². The lowest BCUT2D eigenvalue weighted by molar-refractivity contribution is 0.0690. The third-order valence-corrected chi connectivity index (χ3v) is 7.61. The van der Waals surface area contributed by atoms with E-state index in [4.69, 9.17) is 15.5 Å². The molecule has 176 valence electrons. The zero-order valence-electron chi connectivity index (χ0n) is 19.3. The Labute approximate surface area is 198 Å². The summed E-state index contributed by atoms with van der Waals surface area (Å²) < 4.78 is 8.31. The van der Waals surface area contributed by atoms with Crippen molar-refractivity contribution in [3.8, 4) is 5.75 Å². The molecule has 0 bridgehead atoms. The highest BCUT2D eigenvalue weighted by atomic mass is 16.5. The maximum Gasteiger partial charge on any atom is 0.145 e. The van der Waals surface area contributed by atoms with Crippen LogP contribution in [-0.4, -0.2) is 50.4 Å². The second-order valence-corrected chi connectivity index (χ2v) is 9.66. The Kier molecular flexibility index (Phi) is 5.25. The predicted molar refractivity (Wildman–Crippen MR) is 133 cm³/mol. The molecule has 2 aliphatic rings. The Hall–Kier alpha value is -3.39. The van der Waals surface area contributed by atoms with Gasteiger partial charge in [0.25, 0.3) is 0 Å². The van der Waals surface area contributed by atoms with E-state index in [1.165, 1.54) is 19.2 Å². The van der Waals surface area contributed by atoms with Crippen LogP contribution in [0.1, 0.15) is 32.2 Å². The number of fused-ring (bicyclic) bond motifs is 2. The van der Waals surface area contributed by atoms with Crippen LogP contribution in [0.3, 0.4) is 0 Å². The SMILES string of the molecule is C[C@@H]1[C@H](O)[C@@H](COc2ccc3ccc(N4CCCC4)nc3c2)C[C@H]1n1ccc2c(N)ncnc21. The molecule has 1 aromatic carbocycles. The lowest BCUT2D eigenvalue weighted by Crippen LogP contribution is -2.25. The molecule has 6 rings (SSSR count). The monoisotopic (exact) mass is 458 g/mol. The molecule has 34 heavy (non-hydrogen) atoms. The largest absolute Gasteiger partial charge is 0.493 e. The Morgan fingerprint density at radius 2 is 1.94 bits per heavy atom. The summed E-state index contributed by atoms with van der Waals surface area (Å²) in [7, 11) is 0. The number of pyridine rings is 1. The summed E-state index contributed by atoms with van der Waals surface area (Å²) >= 11 is 0. The summed E-state index contributed by atoms with van der Waals surface area (Å²) in [4.78, 5) is 15.7. The minimum Gasteiger partial charge on any atom is -0.493 e. The molecule has 0 unspecified atom stereocenters. The number of ether oxygens (including phenoxy) is 1. The van der Waals surface area contributed by atoms with E-state index in [2.05, 4.69) is 44.6 Å². The number of nitrogens with two attached hydrogens (primary N) is 1. The van der Waals surface area contributed by atoms with E-state index in [0.29, 0.717) is 12.4 Å². The molecule has 4 aromatic rings. The second kappa shape index (κ2) is 8.43. The molecular formula is C26H30N6O2. The Balaban J connectivity index is 1.18. The summed E-state index contributed by atoms with van der Waals surface area (Å²) in [5, 5.41) is 12.9. The molecule has 4 heterocycles. The first-order chi connectivity index (χ1) is 16.6. The molecule has 4 atom stereocenters. The molecule has 1 saturated heterocycles. The van der Waals surface area contributed by atoms with Gasteiger partial charge in [-0.3, -0.25) is 0 Å². The number of rotatable bonds is 5. The highest BCUT2D eigenvalue weighted by molar-refractivity contribution is 5.86. The molecule has 1 saturated carbocycles. The van der Waals surface area contributed by atoms with Crippen LogP contribution in [0.5, 0.6) is 5.75 Å². The number of nitrogen functional groups attached to an aromatic ring is 1. The van der Waals surface area contributed by atoms with E-state index in [-0.39, 0.29) is 17.9 Å². The zero-order valence-corrected chi connectivity index (χ0v) is 19.3. The lowest BCUT2D eigenvalue weighted by atomic mass is 10.0. The van der Waals surface area contributed by atoms with Crippen LogP contribution in [0.15, 0.2) is 48.9 Å². The zero-order chi connectivity index (χ0) is 23.2. The lowest BCUT2D eigenvalue weighted by Gasteiger charge is -2.20. The predicted octanol–water partition coefficient (Wildman–Crippen LogP) is 3.80. The molecule has 0 spiro atoms. The first-order valence-corrected chi connectivity index (χ1v) is 12.1. The van der Waals surface area contributed by atoms with E-state index in [9.17, 15) is 5.11 Å². The molecule has 8 nitrogen and oxygen atoms in total. The van der Waals surface area contributed by atoms with Crippen LogP contribution in [-0.2, 0) is 0 Å². The fourth-order valence-electron chi connectivity index (χ4n) is 5.61. The molecule has 8 heteroatoms. The van der Waals surface area contributed by atoms with Gasteiger partial charge in [-0.15, -0.1) is 0 Å². The third kappa shape index (κ3) is 3.62. The average molecular weight is 459 g/mol. The van der Waals surface area contributed by atoms with Gasteiger partial charge in [0.1, 0.15) is 29.4 Å². The Morgan fingerprint density at radius 3 is 2.79 bits per heavy atom. The van der Waals surface area contributed by atoms with Crippen LogP contribution in [0.4, 0.5) is 11.6 Å². The van der Waals surface area contributed by atoms with Gasteiger partial charge >= 0.3 is 0 Å². The molecule has 1 aliphatic heterocycles. The Bertz CT molecular complexity index is 1330. The highest BCUT2D eigenvalue weighted by Gasteiger charge is 2.41. The Morgan fingerprint density at radius 1 is 1.12 bits per heavy atom. The quantitative estimate of drug-likeness (QED) is 0.469. The van der Waals surface area contributed by atoms with Gasteiger partial charge in [-0.1, -0.05) is 6.92 Å². The third-order valence-electron chi connectivity index (χ3n) is 7.61. The van der Waals surface area contributed by atoms with Gasteiger partial charge in [0.2, 0.25) is 0 Å². The van der Waals surface area contributed by atoms with E-state index in [0.717, 1.165) is 53.0 Å². The second-order valence-electron chi connectivity index (χ2n) is 9.66. The number of anilines is 2. The van der Waals surface area contributed by atoms with Crippen molar-refractivity contribution in [2.75, 3.05) is 30.3 Å². The molecule has 0 radical (unpaired) electrons. The minimum atomic E-state index is -0.456. The van der Waals surface area contributed by atoms with E-state index in [1.807, 2.05) is 24.4 Å². The van der Waals surface area contributed by atoms with E-state index in [1.54, 1.807) is 0 Å². The standard InChI is InChI=1S/C26H30N6O2/c1-16-22(32-11-8-20-25(27)28-15-29-26(20)32)12-18(24(16)33)14-34-19-6-4-17-5-7-23(30-21(17)13-19)31-9-2-3-10-31/h4-8,11,13,15-16,18,22,24,33H,2-3,9-10,12,14H2,1H3,(H2,27,28,29)/t16-,18+,22+,24-/m0/s1. The van der Waals surface area contributed by atoms with Crippen LogP contribution in [0.2, 0.25) is 0 Å². The van der Waals surface area contributed by atoms with Crippen molar-refractivity contribution in [1.29, 1.82) is 0 Å². The smallest absolute Gasteiger partial charge is 0.145 e. The van der Waals surface area contributed by atoms with Gasteiger partial charge in [0.15, 0.2) is 0 Å². The fraction of sp³-hybridized carbons (Fsp3) is 0.423. The first kappa shape index (κ1) is 21.2. The van der Waals surface area contributed by atoms with Gasteiger partial charge in [0, 0.05) is 48.6 Å². The number of hydrogen-bond acceptors (Lipinski definition) is 7. The molecule has 3 N–H and O–H groups in total. The highest BCUT2D eigenvalue weighted by Crippen LogP contribution is 2.42. The summed E-state index contributed by atoms with van der Waals surface area (Å²) in [6, 6.07) is 12.4. The van der Waals surface area contributed by atoms with E-state index < -0.39 is 6.10 Å². The van der Waals surface area contributed by atoms with Gasteiger partial charge in [-0.2, -0.15) is 0 Å². The molecule has 0 amide bonds. The van der Waals surface area contributed by atoms with Gasteiger partial charge in [-0.05, 0) is 49.6 Å². The summed E-state index contributed by atoms with van der Waals surface area (Å²) in [6.07, 6.45) is 6.30. The van der Waals surface area contributed by atoms with Crippen molar-refractivity contribution >= 4 is 33.6 Å². The normalized spacial score (nSPS) is 24.9. The van der Waals surface area contributed by atoms with Crippen LogP contribution in [0.25, 0.3) is 21.9 Å². The van der Waals surface area contributed by atoms with Crippen molar-refractivity contribution in [1.82, 2.24) is 19.5 Å². The molecule has 2 fully saturated rings. The summed E-state index contributed by atoms with van der Waals surface area (Å²) in [6.45, 7) is 4.69. The minimum absolute atomic E-state index is 0.0243. The van der Waals surface area contributed by atoms with Gasteiger partial charge in [-0.25, -0.2) is 15.0 Å². The number of aliphatic hydroxyl groups excluding tert-OH is 1.